The van der Waals surface area contributed by atoms with E-state index in [-0.39, 0.29) is 68.4 Å². The molecule has 4 aromatic carbocycles. The quantitative estimate of drug-likeness (QED) is 0.0195. The highest BCUT2D eigenvalue weighted by molar-refractivity contribution is 5.96. The molecule has 1 saturated heterocycles. The number of unbranched alkanes of at least 4 members (excludes halogenated alkanes) is 1. The summed E-state index contributed by atoms with van der Waals surface area (Å²) < 4.78 is 39.0. The number of hydrogen-bond donors (Lipinski definition) is 11. The van der Waals surface area contributed by atoms with E-state index in [4.69, 9.17) is 23.9 Å². The molecule has 3 aliphatic heterocycles. The first kappa shape index (κ1) is 70.3. The maximum absolute atomic E-state index is 15.5. The van der Waals surface area contributed by atoms with E-state index in [9.17, 15) is 68.4 Å². The average molecular weight is 1370 g/mol. The van der Waals surface area contributed by atoms with Gasteiger partial charge in [-0.15, -0.1) is 0 Å². The number of benzene rings is 4. The van der Waals surface area contributed by atoms with Crippen LogP contribution in [0.15, 0.2) is 95.8 Å². The highest BCUT2D eigenvalue weighted by Gasteiger charge is 2.47. The van der Waals surface area contributed by atoms with Crippen LogP contribution in [-0.2, 0) is 88.9 Å². The van der Waals surface area contributed by atoms with Crippen LogP contribution >= 0.6 is 0 Å². The first-order chi connectivity index (χ1) is 47.6. The zero-order valence-corrected chi connectivity index (χ0v) is 54.5. The number of rotatable bonds is 27. The number of amides is 8. The van der Waals surface area contributed by atoms with Crippen LogP contribution in [0.2, 0.25) is 0 Å². The lowest BCUT2D eigenvalue weighted by Crippen LogP contribution is -2.52. The molecule has 5 heterocycles. The van der Waals surface area contributed by atoms with Gasteiger partial charge in [-0.05, 0) is 96.0 Å². The van der Waals surface area contributed by atoms with Crippen LogP contribution < -0.4 is 42.8 Å². The molecule has 2 aromatic heterocycles. The van der Waals surface area contributed by atoms with Gasteiger partial charge in [-0.25, -0.2) is 19.0 Å². The van der Waals surface area contributed by atoms with E-state index < -0.39 is 159 Å². The molecule has 5 aliphatic rings. The fraction of sp³-hybridized carbons (Fsp3) is 0.414. The molecule has 1 fully saturated rings. The van der Waals surface area contributed by atoms with Crippen molar-refractivity contribution in [2.24, 2.45) is 0 Å². The predicted molar refractivity (Wildman–Crippen MR) is 349 cm³/mol. The summed E-state index contributed by atoms with van der Waals surface area (Å²) in [7, 11) is 1.55. The van der Waals surface area contributed by atoms with Gasteiger partial charge in [0.2, 0.25) is 35.4 Å². The molecule has 2 aliphatic carbocycles. The van der Waals surface area contributed by atoms with Gasteiger partial charge in [-0.2, -0.15) is 0 Å². The Morgan fingerprint density at radius 3 is 2.15 bits per heavy atom. The molecule has 0 spiro atoms. The molecule has 28 nitrogen and oxygen atoms in total. The normalized spacial score (nSPS) is 19.8. The van der Waals surface area contributed by atoms with Crippen molar-refractivity contribution in [3.63, 3.8) is 0 Å². The second-order valence-corrected chi connectivity index (χ2v) is 25.1. The third kappa shape index (κ3) is 14.9. The number of hydrogen-bond acceptors (Lipinski definition) is 19. The fourth-order valence-electron chi connectivity index (χ4n) is 13.6. The Morgan fingerprint density at radius 1 is 0.788 bits per heavy atom. The van der Waals surface area contributed by atoms with Gasteiger partial charge in [-0.3, -0.25) is 38.4 Å². The van der Waals surface area contributed by atoms with Crippen LogP contribution in [0, 0.1) is 12.7 Å². The molecule has 8 amide bonds. The fourth-order valence-corrected chi connectivity index (χ4v) is 13.6. The third-order valence-electron chi connectivity index (χ3n) is 18.8. The van der Waals surface area contributed by atoms with Crippen LogP contribution in [0.25, 0.3) is 33.4 Å². The largest absolute Gasteiger partial charge is 0.458 e. The molecule has 8 atom stereocenters. The molecule has 11 N–H and O–H groups in total. The molecular formula is C70H77FN10O18. The lowest BCUT2D eigenvalue weighted by atomic mass is 9.81. The first-order valence-electron chi connectivity index (χ1n) is 32.7. The van der Waals surface area contributed by atoms with Crippen LogP contribution in [0.4, 0.5) is 9.18 Å². The Balaban J connectivity index is 0.656. The van der Waals surface area contributed by atoms with Crippen molar-refractivity contribution in [3.8, 4) is 22.5 Å². The number of pyridine rings is 2. The molecule has 29 heteroatoms. The molecule has 99 heavy (non-hydrogen) atoms. The summed E-state index contributed by atoms with van der Waals surface area (Å²) >= 11 is 0. The van der Waals surface area contributed by atoms with Crippen molar-refractivity contribution in [2.75, 3.05) is 53.2 Å². The summed E-state index contributed by atoms with van der Waals surface area (Å²) in [5.41, 5.74) is 5.13. The molecular weight excluding hydrogens is 1290 g/mol. The van der Waals surface area contributed by atoms with Crippen molar-refractivity contribution in [2.45, 2.75) is 133 Å². The summed E-state index contributed by atoms with van der Waals surface area (Å²) in [5.74, 6) is -6.41. The maximum atomic E-state index is 15.5. The third-order valence-corrected chi connectivity index (χ3v) is 18.8. The van der Waals surface area contributed by atoms with E-state index in [1.54, 1.807) is 57.3 Å². The van der Waals surface area contributed by atoms with Gasteiger partial charge in [0.15, 0.2) is 11.7 Å². The van der Waals surface area contributed by atoms with Crippen molar-refractivity contribution in [3.05, 3.63) is 157 Å². The van der Waals surface area contributed by atoms with E-state index in [1.807, 2.05) is 48.5 Å². The SMILES string of the molecule is CC[C@@]1(O)C(=O)OCc2c1cc1n(c2=O)Cc2c-1nc1cc(F)c(C)c3c1c2[C@@H](NC(=O)COCNC(=O)CNC(=O)[C@H](Cc1ccccc1)NC(=O)CNC(=O)CNC(=O)[C@H](CCCCNC(=O)C[C@@H]1O[C@H](CO)[C@@H](O)[C@H]1O)OC(=O)N(C)C1c2ccccc2-c2ccccc21)CC3. The summed E-state index contributed by atoms with van der Waals surface area (Å²) in [4.78, 5) is 141. The highest BCUT2D eigenvalue weighted by atomic mass is 19.1. The maximum Gasteiger partial charge on any atom is 0.411 e. The number of ether oxygens (including phenoxy) is 4. The van der Waals surface area contributed by atoms with Crippen LogP contribution in [0.5, 0.6) is 0 Å². The molecule has 0 unspecified atom stereocenters. The van der Waals surface area contributed by atoms with E-state index >= 15 is 4.39 Å². The Morgan fingerprint density at radius 2 is 1.45 bits per heavy atom. The number of aryl methyl sites for hydroxylation is 1. The van der Waals surface area contributed by atoms with Crippen molar-refractivity contribution in [1.82, 2.24) is 51.7 Å². The minimum Gasteiger partial charge on any atom is -0.458 e. The minimum absolute atomic E-state index is 0.0278. The standard InChI is InChI=1S/C70H77FN10O18/c1-4-70(95)45-25-50-61-43(31-81(50)67(92)44(45)33-97-68(70)93)60-47(22-21-38-36(2)46(71)26-48(79-61)59(38)60)77-58(87)34-96-35-76-56(85)29-74-65(90)49(24-37-14-6-5-7-15-37)78-57(86)30-73-55(84)28-75-66(91)51(20-12-13-23-72-54(83)27-52-63(88)64(89)53(32-82)98-52)99-69(94)80(3)62-41-18-10-8-16-39(41)40-17-9-11-19-42(40)62/h5-11,14-19,25-26,47,49,51-53,62-64,82,88-89,95H,4,12-13,20-24,27-35H2,1-3H3,(H,72,83)(H,73,84)(H,74,90)(H,75,91)(H,76,85)(H,77,87)(H,78,86)/t47-,49-,51-,52-,53+,63-,64+,70-/m0/s1. The molecule has 0 saturated carbocycles. The number of aliphatic hydroxyl groups excluding tert-OH is 3. The summed E-state index contributed by atoms with van der Waals surface area (Å²) in [5, 5.41) is 59.9. The van der Waals surface area contributed by atoms with Gasteiger partial charge in [-0.1, -0.05) is 85.8 Å². The molecule has 0 bridgehead atoms. The number of nitrogens with zero attached hydrogens (tertiary/aromatic N) is 3. The number of halogens is 1. The van der Waals surface area contributed by atoms with Gasteiger partial charge in [0, 0.05) is 42.6 Å². The van der Waals surface area contributed by atoms with Crippen molar-refractivity contribution >= 4 is 64.3 Å². The van der Waals surface area contributed by atoms with Crippen LogP contribution in [0.3, 0.4) is 0 Å². The minimum atomic E-state index is -2.08. The van der Waals surface area contributed by atoms with Gasteiger partial charge in [0.1, 0.15) is 50.1 Å². The second-order valence-electron chi connectivity index (χ2n) is 25.1. The Kier molecular flexibility index (Phi) is 21.6. The lowest BCUT2D eigenvalue weighted by Gasteiger charge is -2.31. The van der Waals surface area contributed by atoms with Gasteiger partial charge < -0.3 is 86.1 Å². The van der Waals surface area contributed by atoms with E-state index in [1.165, 1.54) is 15.5 Å². The Hall–Kier alpha value is -10.0. The van der Waals surface area contributed by atoms with Gasteiger partial charge >= 0.3 is 12.1 Å². The zero-order valence-electron chi connectivity index (χ0n) is 54.5. The van der Waals surface area contributed by atoms with Crippen molar-refractivity contribution in [1.29, 1.82) is 0 Å². The van der Waals surface area contributed by atoms with Crippen LogP contribution in [0.1, 0.15) is 108 Å². The van der Waals surface area contributed by atoms with E-state index in [2.05, 4.69) is 37.2 Å². The number of carbonyl (C=O) groups excluding carboxylic acids is 9. The van der Waals surface area contributed by atoms with Crippen LogP contribution in [-0.4, -0.2) is 178 Å². The summed E-state index contributed by atoms with van der Waals surface area (Å²) in [6, 6.07) is 24.2. The van der Waals surface area contributed by atoms with Gasteiger partial charge in [0.05, 0.1) is 79.9 Å². The van der Waals surface area contributed by atoms with E-state index in [0.717, 1.165) is 22.3 Å². The molecule has 522 valence electrons. The second kappa shape index (κ2) is 30.4. The number of nitrogens with one attached hydrogen (secondary N) is 7. The average Bonchev–Trinajstić information content (AvgIpc) is 1.63. The molecule has 0 radical (unpaired) electrons. The number of aromatic nitrogens is 2. The van der Waals surface area contributed by atoms with Crippen molar-refractivity contribution < 1.29 is 86.9 Å². The van der Waals surface area contributed by atoms with E-state index in [0.29, 0.717) is 63.9 Å². The number of aliphatic hydroxyl groups is 4. The van der Waals surface area contributed by atoms with Gasteiger partial charge in [0.25, 0.3) is 11.5 Å². The number of fused-ring (bicyclic) bond motifs is 8. The first-order valence-corrected chi connectivity index (χ1v) is 32.7. The number of esters is 1. The topological polar surface area (TPSA) is 394 Å². The Bertz CT molecular complexity index is 4180. The summed E-state index contributed by atoms with van der Waals surface area (Å²) in [6.45, 7) is -0.395. The summed E-state index contributed by atoms with van der Waals surface area (Å²) in [6.07, 6.45) is -6.33. The number of cyclic esters (lactones) is 1. The molecule has 6 aromatic rings. The predicted octanol–water partition coefficient (Wildman–Crippen LogP) is 1.16. The molecule has 11 rings (SSSR count). The zero-order chi connectivity index (χ0) is 70.4. The highest BCUT2D eigenvalue weighted by Crippen LogP contribution is 2.48. The smallest absolute Gasteiger partial charge is 0.411 e. The lowest BCUT2D eigenvalue weighted by molar-refractivity contribution is -0.172. The number of carbonyl (C=O) groups is 9. The Labute approximate surface area is 566 Å². The monoisotopic (exact) mass is 1360 g/mol.